The Morgan fingerprint density at radius 3 is 2.69 bits per heavy atom. The standard InChI is InChI=1S/C12H14ClN3/c1-8(14)10-4-3-9(7-11(10)13)12-15-5-6-16(12)2/h3-8H,14H2,1-2H3. The Kier molecular flexibility index (Phi) is 2.99. The van der Waals surface area contributed by atoms with E-state index in [1.807, 2.05) is 42.9 Å². The van der Waals surface area contributed by atoms with E-state index in [1.165, 1.54) is 0 Å². The number of aromatic nitrogens is 2. The van der Waals surface area contributed by atoms with Gasteiger partial charge in [-0.15, -0.1) is 0 Å². The van der Waals surface area contributed by atoms with Crippen molar-refractivity contribution in [2.24, 2.45) is 12.8 Å². The highest BCUT2D eigenvalue weighted by molar-refractivity contribution is 6.31. The van der Waals surface area contributed by atoms with E-state index in [0.717, 1.165) is 17.0 Å². The van der Waals surface area contributed by atoms with Gasteiger partial charge in [0.05, 0.1) is 0 Å². The fraction of sp³-hybridized carbons (Fsp3) is 0.250. The lowest BCUT2D eigenvalue weighted by molar-refractivity contribution is 0.818. The number of rotatable bonds is 2. The van der Waals surface area contributed by atoms with Gasteiger partial charge in [0, 0.05) is 36.1 Å². The van der Waals surface area contributed by atoms with Crippen molar-refractivity contribution >= 4 is 11.6 Å². The number of hydrogen-bond donors (Lipinski definition) is 1. The first kappa shape index (κ1) is 11.2. The molecule has 1 aromatic carbocycles. The molecule has 2 rings (SSSR count). The highest BCUT2D eigenvalue weighted by Crippen LogP contribution is 2.27. The smallest absolute Gasteiger partial charge is 0.139 e. The van der Waals surface area contributed by atoms with Crippen LogP contribution >= 0.6 is 11.6 Å². The van der Waals surface area contributed by atoms with Crippen LogP contribution in [-0.2, 0) is 7.05 Å². The van der Waals surface area contributed by atoms with Crippen molar-refractivity contribution in [1.29, 1.82) is 0 Å². The first-order valence-corrected chi connectivity index (χ1v) is 5.50. The van der Waals surface area contributed by atoms with Crippen LogP contribution in [0.15, 0.2) is 30.6 Å². The predicted molar refractivity (Wildman–Crippen MR) is 66.3 cm³/mol. The van der Waals surface area contributed by atoms with Crippen LogP contribution in [0.5, 0.6) is 0 Å². The largest absolute Gasteiger partial charge is 0.334 e. The molecule has 2 N–H and O–H groups in total. The second kappa shape index (κ2) is 4.28. The summed E-state index contributed by atoms with van der Waals surface area (Å²) in [6.07, 6.45) is 3.67. The Morgan fingerprint density at radius 2 is 2.19 bits per heavy atom. The van der Waals surface area contributed by atoms with Crippen LogP contribution in [0.25, 0.3) is 11.4 Å². The summed E-state index contributed by atoms with van der Waals surface area (Å²) < 4.78 is 1.96. The Labute approximate surface area is 99.9 Å². The molecule has 0 aliphatic rings. The second-order valence-corrected chi connectivity index (χ2v) is 4.29. The fourth-order valence-electron chi connectivity index (χ4n) is 1.68. The van der Waals surface area contributed by atoms with Crippen LogP contribution in [-0.4, -0.2) is 9.55 Å². The van der Waals surface area contributed by atoms with Gasteiger partial charge in [-0.3, -0.25) is 0 Å². The first-order valence-electron chi connectivity index (χ1n) is 5.12. The van der Waals surface area contributed by atoms with Gasteiger partial charge in [-0.05, 0) is 18.6 Å². The van der Waals surface area contributed by atoms with Crippen molar-refractivity contribution in [3.8, 4) is 11.4 Å². The third-order valence-electron chi connectivity index (χ3n) is 2.57. The molecule has 4 heteroatoms. The third-order valence-corrected chi connectivity index (χ3v) is 2.90. The molecule has 0 fully saturated rings. The average molecular weight is 236 g/mol. The highest BCUT2D eigenvalue weighted by atomic mass is 35.5. The molecule has 3 nitrogen and oxygen atoms in total. The van der Waals surface area contributed by atoms with Crippen molar-refractivity contribution in [1.82, 2.24) is 9.55 Å². The van der Waals surface area contributed by atoms with Gasteiger partial charge in [0.1, 0.15) is 5.82 Å². The lowest BCUT2D eigenvalue weighted by Crippen LogP contribution is -2.05. The Hall–Kier alpha value is -1.32. The Bertz CT molecular complexity index is 503. The van der Waals surface area contributed by atoms with Gasteiger partial charge in [-0.1, -0.05) is 23.7 Å². The normalized spacial score (nSPS) is 12.8. The van der Waals surface area contributed by atoms with Crippen LogP contribution in [0.3, 0.4) is 0 Å². The topological polar surface area (TPSA) is 43.8 Å². The molecule has 1 unspecified atom stereocenters. The van der Waals surface area contributed by atoms with E-state index in [2.05, 4.69) is 4.98 Å². The van der Waals surface area contributed by atoms with E-state index in [9.17, 15) is 0 Å². The van der Waals surface area contributed by atoms with Gasteiger partial charge in [0.15, 0.2) is 0 Å². The van der Waals surface area contributed by atoms with Gasteiger partial charge < -0.3 is 10.3 Å². The molecule has 0 amide bonds. The molecular formula is C12H14ClN3. The van der Waals surface area contributed by atoms with Crippen molar-refractivity contribution in [2.75, 3.05) is 0 Å². The number of aryl methyl sites for hydroxylation is 1. The molecule has 1 heterocycles. The highest BCUT2D eigenvalue weighted by Gasteiger charge is 2.09. The molecule has 1 aromatic heterocycles. The van der Waals surface area contributed by atoms with Crippen molar-refractivity contribution < 1.29 is 0 Å². The molecule has 16 heavy (non-hydrogen) atoms. The van der Waals surface area contributed by atoms with Crippen LogP contribution in [0.2, 0.25) is 5.02 Å². The average Bonchev–Trinajstić information content (AvgIpc) is 2.63. The summed E-state index contributed by atoms with van der Waals surface area (Å²) >= 11 is 6.18. The monoisotopic (exact) mass is 235 g/mol. The van der Waals surface area contributed by atoms with Gasteiger partial charge in [0.25, 0.3) is 0 Å². The van der Waals surface area contributed by atoms with Crippen LogP contribution in [0.4, 0.5) is 0 Å². The maximum Gasteiger partial charge on any atom is 0.139 e. The first-order chi connectivity index (χ1) is 7.59. The van der Waals surface area contributed by atoms with Crippen LogP contribution < -0.4 is 5.73 Å². The zero-order chi connectivity index (χ0) is 11.7. The minimum Gasteiger partial charge on any atom is -0.334 e. The second-order valence-electron chi connectivity index (χ2n) is 3.89. The van der Waals surface area contributed by atoms with E-state index in [4.69, 9.17) is 17.3 Å². The van der Waals surface area contributed by atoms with E-state index in [0.29, 0.717) is 5.02 Å². The quantitative estimate of drug-likeness (QED) is 0.870. The number of benzene rings is 1. The minimum atomic E-state index is -0.0529. The van der Waals surface area contributed by atoms with Crippen molar-refractivity contribution in [3.63, 3.8) is 0 Å². The lowest BCUT2D eigenvalue weighted by Gasteiger charge is -2.10. The molecule has 0 bridgehead atoms. The van der Waals surface area contributed by atoms with Crippen LogP contribution in [0, 0.1) is 0 Å². The summed E-state index contributed by atoms with van der Waals surface area (Å²) in [6, 6.07) is 5.80. The SMILES string of the molecule is CC(N)c1ccc(-c2nccn2C)cc1Cl. The zero-order valence-electron chi connectivity index (χ0n) is 9.31. The van der Waals surface area contributed by atoms with E-state index < -0.39 is 0 Å². The molecule has 0 saturated heterocycles. The van der Waals surface area contributed by atoms with Gasteiger partial charge >= 0.3 is 0 Å². The van der Waals surface area contributed by atoms with E-state index in [1.54, 1.807) is 6.20 Å². The van der Waals surface area contributed by atoms with Gasteiger partial charge in [-0.25, -0.2) is 4.98 Å². The number of nitrogens with two attached hydrogens (primary N) is 1. The Balaban J connectivity index is 2.46. The molecule has 0 spiro atoms. The van der Waals surface area contributed by atoms with E-state index in [-0.39, 0.29) is 6.04 Å². The van der Waals surface area contributed by atoms with Gasteiger partial charge in [-0.2, -0.15) is 0 Å². The van der Waals surface area contributed by atoms with E-state index >= 15 is 0 Å². The third kappa shape index (κ3) is 1.96. The molecule has 0 aliphatic heterocycles. The molecule has 84 valence electrons. The maximum atomic E-state index is 6.18. The van der Waals surface area contributed by atoms with Crippen molar-refractivity contribution in [2.45, 2.75) is 13.0 Å². The predicted octanol–water partition coefficient (Wildman–Crippen LogP) is 2.76. The summed E-state index contributed by atoms with van der Waals surface area (Å²) in [4.78, 5) is 4.27. The minimum absolute atomic E-state index is 0.0529. The van der Waals surface area contributed by atoms with Crippen molar-refractivity contribution in [3.05, 3.63) is 41.2 Å². The molecule has 0 saturated carbocycles. The summed E-state index contributed by atoms with van der Waals surface area (Å²) in [5, 5.41) is 0.690. The molecule has 0 aliphatic carbocycles. The number of hydrogen-bond acceptors (Lipinski definition) is 2. The maximum absolute atomic E-state index is 6.18. The Morgan fingerprint density at radius 1 is 1.44 bits per heavy atom. The zero-order valence-corrected chi connectivity index (χ0v) is 10.1. The summed E-state index contributed by atoms with van der Waals surface area (Å²) in [5.41, 5.74) is 7.77. The number of imidazole rings is 1. The summed E-state index contributed by atoms with van der Waals surface area (Å²) in [6.45, 7) is 1.92. The molecule has 0 radical (unpaired) electrons. The lowest BCUT2D eigenvalue weighted by atomic mass is 10.1. The number of nitrogens with zero attached hydrogens (tertiary/aromatic N) is 2. The number of halogens is 1. The van der Waals surface area contributed by atoms with Gasteiger partial charge in [0.2, 0.25) is 0 Å². The fourth-order valence-corrected chi connectivity index (χ4v) is 2.03. The molecule has 2 aromatic rings. The summed E-state index contributed by atoms with van der Waals surface area (Å²) in [7, 11) is 1.95. The molecule has 1 atom stereocenters. The molecular weight excluding hydrogens is 222 g/mol. The van der Waals surface area contributed by atoms with Crippen LogP contribution in [0.1, 0.15) is 18.5 Å². The summed E-state index contributed by atoms with van der Waals surface area (Å²) in [5.74, 6) is 0.901.